The van der Waals surface area contributed by atoms with Gasteiger partial charge in [0.2, 0.25) is 0 Å². The molecule has 4 heteroatoms. The second-order valence-electron chi connectivity index (χ2n) is 6.04. The monoisotopic (exact) mass is 285 g/mol. The molecule has 0 fully saturated rings. The summed E-state index contributed by atoms with van der Waals surface area (Å²) in [5.41, 5.74) is 0.967. The molecule has 0 saturated carbocycles. The number of halogens is 2. The molecule has 19 heavy (non-hydrogen) atoms. The van der Waals surface area contributed by atoms with Crippen LogP contribution in [0.5, 0.6) is 0 Å². The lowest BCUT2D eigenvalue weighted by Gasteiger charge is -2.22. The Hall–Kier alpha value is -1.09. The summed E-state index contributed by atoms with van der Waals surface area (Å²) in [5.74, 6) is -0.664. The van der Waals surface area contributed by atoms with Crippen LogP contribution in [-0.2, 0) is 0 Å². The van der Waals surface area contributed by atoms with Crippen LogP contribution in [0.4, 0.5) is 4.39 Å². The van der Waals surface area contributed by atoms with Crippen molar-refractivity contribution in [3.8, 4) is 0 Å². The zero-order valence-corrected chi connectivity index (χ0v) is 12.6. The molecule has 0 radical (unpaired) electrons. The van der Waals surface area contributed by atoms with E-state index < -0.39 is 0 Å². The zero-order chi connectivity index (χ0) is 14.6. The van der Waals surface area contributed by atoms with Crippen LogP contribution in [0, 0.1) is 18.2 Å². The van der Waals surface area contributed by atoms with Crippen molar-refractivity contribution in [2.45, 2.75) is 39.5 Å². The Morgan fingerprint density at radius 3 is 2.58 bits per heavy atom. The smallest absolute Gasteiger partial charge is 0.251 e. The first-order chi connectivity index (χ1) is 8.69. The Kier molecular flexibility index (Phi) is 5.36. The summed E-state index contributed by atoms with van der Waals surface area (Å²) in [6, 6.07) is 4.45. The number of amides is 1. The van der Waals surface area contributed by atoms with Gasteiger partial charge in [0.1, 0.15) is 5.82 Å². The predicted octanol–water partition coefficient (Wildman–Crippen LogP) is 3.91. The average Bonchev–Trinajstić information content (AvgIpc) is 2.27. The van der Waals surface area contributed by atoms with Crippen LogP contribution in [0.3, 0.4) is 0 Å². The molecule has 0 spiro atoms. The number of hydrogen-bond acceptors (Lipinski definition) is 1. The van der Waals surface area contributed by atoms with Gasteiger partial charge in [0.15, 0.2) is 0 Å². The predicted molar refractivity (Wildman–Crippen MR) is 77.2 cm³/mol. The van der Waals surface area contributed by atoms with E-state index in [1.165, 1.54) is 6.07 Å². The number of hydrogen-bond donors (Lipinski definition) is 1. The minimum Gasteiger partial charge on any atom is -0.351 e. The fourth-order valence-corrected chi connectivity index (χ4v) is 2.32. The van der Waals surface area contributed by atoms with E-state index in [4.69, 9.17) is 11.6 Å². The van der Waals surface area contributed by atoms with E-state index in [9.17, 15) is 9.18 Å². The molecule has 2 nitrogen and oxygen atoms in total. The fraction of sp³-hybridized carbons (Fsp3) is 0.533. The van der Waals surface area contributed by atoms with E-state index in [2.05, 4.69) is 26.1 Å². The Bertz CT molecular complexity index is 454. The van der Waals surface area contributed by atoms with E-state index in [1.54, 1.807) is 19.1 Å². The van der Waals surface area contributed by atoms with Crippen LogP contribution in [-0.4, -0.2) is 17.8 Å². The highest BCUT2D eigenvalue weighted by Gasteiger charge is 2.17. The van der Waals surface area contributed by atoms with Crippen molar-refractivity contribution in [2.24, 2.45) is 5.41 Å². The van der Waals surface area contributed by atoms with Crippen LogP contribution in [0.2, 0.25) is 0 Å². The van der Waals surface area contributed by atoms with Crippen molar-refractivity contribution in [1.29, 1.82) is 0 Å². The van der Waals surface area contributed by atoms with Crippen LogP contribution in [0.25, 0.3) is 0 Å². The van der Waals surface area contributed by atoms with Crippen molar-refractivity contribution < 1.29 is 9.18 Å². The van der Waals surface area contributed by atoms with Gasteiger partial charge in [-0.05, 0) is 36.5 Å². The zero-order valence-electron chi connectivity index (χ0n) is 11.9. The number of rotatable bonds is 4. The minimum absolute atomic E-state index is 0.118. The molecule has 0 aliphatic rings. The van der Waals surface area contributed by atoms with Crippen molar-refractivity contribution in [2.75, 3.05) is 6.54 Å². The number of carbonyl (C=O) groups excluding carboxylic acids is 1. The summed E-state index contributed by atoms with van der Waals surface area (Å²) in [5, 5.41) is 2.60. The molecule has 0 aliphatic heterocycles. The standard InChI is InChI=1S/C15H21ClFNO/c1-10-5-6-11(7-13(10)17)14(19)18-9-12(16)8-15(2,3)4/h5-7,12H,8-9H2,1-4H3,(H,18,19). The SMILES string of the molecule is Cc1ccc(C(=O)NCC(Cl)CC(C)(C)C)cc1F. The molecule has 106 valence electrons. The summed E-state index contributed by atoms with van der Waals surface area (Å²) in [7, 11) is 0. The molecule has 1 aromatic carbocycles. The summed E-state index contributed by atoms with van der Waals surface area (Å²) >= 11 is 6.16. The second-order valence-corrected chi connectivity index (χ2v) is 6.65. The third kappa shape index (κ3) is 5.60. The molecule has 0 bridgehead atoms. The largest absolute Gasteiger partial charge is 0.351 e. The molecular weight excluding hydrogens is 265 g/mol. The lowest BCUT2D eigenvalue weighted by atomic mass is 9.90. The topological polar surface area (TPSA) is 29.1 Å². The number of alkyl halides is 1. The highest BCUT2D eigenvalue weighted by atomic mass is 35.5. The van der Waals surface area contributed by atoms with Crippen molar-refractivity contribution >= 4 is 17.5 Å². The molecule has 0 heterocycles. The van der Waals surface area contributed by atoms with Gasteiger partial charge in [-0.2, -0.15) is 0 Å². The molecule has 0 aromatic heterocycles. The molecule has 0 aliphatic carbocycles. The van der Waals surface area contributed by atoms with Gasteiger partial charge in [0.25, 0.3) is 5.91 Å². The van der Waals surface area contributed by atoms with Gasteiger partial charge < -0.3 is 5.32 Å². The molecule has 0 saturated heterocycles. The van der Waals surface area contributed by atoms with Gasteiger partial charge in [-0.15, -0.1) is 11.6 Å². The van der Waals surface area contributed by atoms with Gasteiger partial charge in [-0.1, -0.05) is 26.8 Å². The highest BCUT2D eigenvalue weighted by molar-refractivity contribution is 6.21. The summed E-state index contributed by atoms with van der Waals surface area (Å²) in [6.45, 7) is 8.33. The Balaban J connectivity index is 2.53. The first kappa shape index (κ1) is 16.0. The van der Waals surface area contributed by atoms with Crippen LogP contribution in [0.1, 0.15) is 43.1 Å². The first-order valence-electron chi connectivity index (χ1n) is 6.37. The average molecular weight is 286 g/mol. The summed E-state index contributed by atoms with van der Waals surface area (Å²) in [6.07, 6.45) is 0.803. The van der Waals surface area contributed by atoms with E-state index in [0.29, 0.717) is 17.7 Å². The Morgan fingerprint density at radius 2 is 2.05 bits per heavy atom. The third-order valence-corrected chi connectivity index (χ3v) is 3.06. The molecule has 1 unspecified atom stereocenters. The number of nitrogens with one attached hydrogen (secondary N) is 1. The minimum atomic E-state index is -0.371. The Labute approximate surface area is 119 Å². The van der Waals surface area contributed by atoms with Gasteiger partial charge in [-0.3, -0.25) is 4.79 Å². The van der Waals surface area contributed by atoms with E-state index in [1.807, 2.05) is 0 Å². The highest BCUT2D eigenvalue weighted by Crippen LogP contribution is 2.23. The molecule has 1 N–H and O–H groups in total. The maximum absolute atomic E-state index is 13.4. The molecule has 1 atom stereocenters. The molecular formula is C15H21ClFNO. The van der Waals surface area contributed by atoms with Gasteiger partial charge >= 0.3 is 0 Å². The molecule has 1 rings (SSSR count). The number of carbonyl (C=O) groups is 1. The third-order valence-electron chi connectivity index (χ3n) is 2.75. The molecule has 1 amide bonds. The number of benzene rings is 1. The maximum Gasteiger partial charge on any atom is 0.251 e. The lowest BCUT2D eigenvalue weighted by molar-refractivity contribution is 0.0951. The van der Waals surface area contributed by atoms with Crippen molar-refractivity contribution in [1.82, 2.24) is 5.32 Å². The fourth-order valence-electron chi connectivity index (χ4n) is 1.78. The van der Waals surface area contributed by atoms with Crippen molar-refractivity contribution in [3.05, 3.63) is 35.1 Å². The van der Waals surface area contributed by atoms with Crippen LogP contribution >= 0.6 is 11.6 Å². The Morgan fingerprint density at radius 1 is 1.42 bits per heavy atom. The van der Waals surface area contributed by atoms with Crippen LogP contribution in [0.15, 0.2) is 18.2 Å². The van der Waals surface area contributed by atoms with Gasteiger partial charge in [0.05, 0.1) is 5.38 Å². The summed E-state index contributed by atoms with van der Waals surface area (Å²) in [4.78, 5) is 11.8. The second kappa shape index (κ2) is 6.38. The van der Waals surface area contributed by atoms with Crippen LogP contribution < -0.4 is 5.32 Å². The van der Waals surface area contributed by atoms with Gasteiger partial charge in [0, 0.05) is 12.1 Å². The summed E-state index contributed by atoms with van der Waals surface area (Å²) < 4.78 is 13.4. The van der Waals surface area contributed by atoms with E-state index in [0.717, 1.165) is 6.42 Å². The van der Waals surface area contributed by atoms with E-state index >= 15 is 0 Å². The van der Waals surface area contributed by atoms with E-state index in [-0.39, 0.29) is 22.5 Å². The van der Waals surface area contributed by atoms with Crippen molar-refractivity contribution in [3.63, 3.8) is 0 Å². The normalized spacial score (nSPS) is 13.2. The first-order valence-corrected chi connectivity index (χ1v) is 6.81. The lowest BCUT2D eigenvalue weighted by Crippen LogP contribution is -2.31. The van der Waals surface area contributed by atoms with Gasteiger partial charge in [-0.25, -0.2) is 4.39 Å². The quantitative estimate of drug-likeness (QED) is 0.835. The molecule has 1 aromatic rings. The maximum atomic E-state index is 13.4. The number of aryl methyl sites for hydroxylation is 1.